The third kappa shape index (κ3) is 2.89. The van der Waals surface area contributed by atoms with Gasteiger partial charge in [-0.1, -0.05) is 63.3 Å². The minimum absolute atomic E-state index is 0.606. The molecule has 98 valence electrons. The molecule has 2 aromatic rings. The molecule has 2 heteroatoms. The van der Waals surface area contributed by atoms with Crippen LogP contribution in [0, 0.1) is 0 Å². The van der Waals surface area contributed by atoms with Gasteiger partial charge in [-0.2, -0.15) is 0 Å². The Morgan fingerprint density at radius 2 is 2.06 bits per heavy atom. The second-order valence-corrected chi connectivity index (χ2v) is 5.56. The molecule has 1 atom stereocenters. The summed E-state index contributed by atoms with van der Waals surface area (Å²) >= 11 is 6.19. The molecule has 1 heterocycles. The summed E-state index contributed by atoms with van der Waals surface area (Å²) < 4.78 is 0. The average Bonchev–Trinajstić information content (AvgIpc) is 2.80. The van der Waals surface area contributed by atoms with Crippen LogP contribution in [0.3, 0.4) is 0 Å². The number of nitrogens with one attached hydrogen (secondary N) is 1. The Morgan fingerprint density at radius 3 is 2.83 bits per heavy atom. The lowest BCUT2D eigenvalue weighted by atomic mass is 9.94. The standard InChI is InChI=1S/C16H22ClN/c1-3-4-5-6-8-12(2)14-11-18-16-13(14)9-7-10-15(16)17/h7,9-12,18H,3-6,8H2,1-2H3. The quantitative estimate of drug-likeness (QED) is 0.625. The molecule has 0 saturated heterocycles. The van der Waals surface area contributed by atoms with Gasteiger partial charge in [0.05, 0.1) is 10.5 Å². The largest absolute Gasteiger partial charge is 0.360 e. The number of H-pyrrole nitrogens is 1. The summed E-state index contributed by atoms with van der Waals surface area (Å²) in [5.74, 6) is 0.606. The molecule has 0 spiro atoms. The van der Waals surface area contributed by atoms with Gasteiger partial charge < -0.3 is 4.98 Å². The van der Waals surface area contributed by atoms with Crippen molar-refractivity contribution in [1.82, 2.24) is 4.98 Å². The van der Waals surface area contributed by atoms with Gasteiger partial charge >= 0.3 is 0 Å². The van der Waals surface area contributed by atoms with E-state index < -0.39 is 0 Å². The van der Waals surface area contributed by atoms with Crippen LogP contribution in [0.25, 0.3) is 10.9 Å². The Labute approximate surface area is 115 Å². The number of para-hydroxylation sites is 1. The Balaban J connectivity index is 2.08. The van der Waals surface area contributed by atoms with E-state index in [1.54, 1.807) is 0 Å². The minimum Gasteiger partial charge on any atom is -0.360 e. The second-order valence-electron chi connectivity index (χ2n) is 5.16. The Morgan fingerprint density at radius 1 is 1.22 bits per heavy atom. The van der Waals surface area contributed by atoms with Crippen LogP contribution in [0.1, 0.15) is 57.4 Å². The lowest BCUT2D eigenvalue weighted by Gasteiger charge is -2.10. The Hall–Kier alpha value is -0.950. The fraction of sp³-hybridized carbons (Fsp3) is 0.500. The maximum absolute atomic E-state index is 6.19. The molecular weight excluding hydrogens is 242 g/mol. The number of benzene rings is 1. The van der Waals surface area contributed by atoms with E-state index >= 15 is 0 Å². The van der Waals surface area contributed by atoms with Crippen molar-refractivity contribution in [2.45, 2.75) is 51.9 Å². The molecule has 0 bridgehead atoms. The summed E-state index contributed by atoms with van der Waals surface area (Å²) in [5.41, 5.74) is 2.48. The molecule has 0 saturated carbocycles. The van der Waals surface area contributed by atoms with Crippen molar-refractivity contribution in [3.05, 3.63) is 35.0 Å². The van der Waals surface area contributed by atoms with Crippen molar-refractivity contribution < 1.29 is 0 Å². The molecule has 0 fully saturated rings. The van der Waals surface area contributed by atoms with E-state index in [2.05, 4.69) is 31.1 Å². The predicted molar refractivity (Wildman–Crippen MR) is 80.5 cm³/mol. The van der Waals surface area contributed by atoms with E-state index in [1.807, 2.05) is 12.1 Å². The first-order chi connectivity index (χ1) is 8.74. The molecule has 0 aliphatic rings. The van der Waals surface area contributed by atoms with E-state index in [0.717, 1.165) is 10.5 Å². The molecule has 1 N–H and O–H groups in total. The number of hydrogen-bond acceptors (Lipinski definition) is 0. The summed E-state index contributed by atoms with van der Waals surface area (Å²) in [4.78, 5) is 3.31. The minimum atomic E-state index is 0.606. The van der Waals surface area contributed by atoms with Gasteiger partial charge in [0, 0.05) is 11.6 Å². The van der Waals surface area contributed by atoms with Gasteiger partial charge in [-0.25, -0.2) is 0 Å². The van der Waals surface area contributed by atoms with Crippen molar-refractivity contribution in [3.63, 3.8) is 0 Å². The molecule has 0 aliphatic heterocycles. The summed E-state index contributed by atoms with van der Waals surface area (Å²) in [6, 6.07) is 6.14. The van der Waals surface area contributed by atoms with Gasteiger partial charge in [0.1, 0.15) is 0 Å². The number of aromatic nitrogens is 1. The molecular formula is C16H22ClN. The van der Waals surface area contributed by atoms with Crippen LogP contribution in [-0.4, -0.2) is 4.98 Å². The zero-order valence-electron chi connectivity index (χ0n) is 11.3. The molecule has 0 radical (unpaired) electrons. The number of rotatable bonds is 6. The highest BCUT2D eigenvalue weighted by Crippen LogP contribution is 2.32. The number of fused-ring (bicyclic) bond motifs is 1. The van der Waals surface area contributed by atoms with Gasteiger partial charge in [0.15, 0.2) is 0 Å². The smallest absolute Gasteiger partial charge is 0.0647 e. The van der Waals surface area contributed by atoms with E-state index in [0.29, 0.717) is 5.92 Å². The van der Waals surface area contributed by atoms with Crippen LogP contribution in [-0.2, 0) is 0 Å². The third-order valence-corrected chi connectivity index (χ3v) is 4.03. The van der Waals surface area contributed by atoms with Crippen molar-refractivity contribution in [1.29, 1.82) is 0 Å². The van der Waals surface area contributed by atoms with Gasteiger partial charge in [0.25, 0.3) is 0 Å². The normalized spacial score (nSPS) is 13.1. The molecule has 0 amide bonds. The fourth-order valence-electron chi connectivity index (χ4n) is 2.58. The fourth-order valence-corrected chi connectivity index (χ4v) is 2.81. The lowest BCUT2D eigenvalue weighted by Crippen LogP contribution is -1.92. The maximum atomic E-state index is 6.19. The first-order valence-corrected chi connectivity index (χ1v) is 7.37. The zero-order valence-corrected chi connectivity index (χ0v) is 12.1. The van der Waals surface area contributed by atoms with Gasteiger partial charge in [-0.15, -0.1) is 0 Å². The Kier molecular flexibility index (Phi) is 4.71. The first kappa shape index (κ1) is 13.5. The monoisotopic (exact) mass is 263 g/mol. The second kappa shape index (κ2) is 6.29. The number of halogens is 1. The van der Waals surface area contributed by atoms with Gasteiger partial charge in [0.2, 0.25) is 0 Å². The van der Waals surface area contributed by atoms with E-state index in [1.165, 1.54) is 43.1 Å². The molecule has 0 aliphatic carbocycles. The SMILES string of the molecule is CCCCCCC(C)c1c[nH]c2c(Cl)cccc12. The van der Waals surface area contributed by atoms with Crippen molar-refractivity contribution in [2.75, 3.05) is 0 Å². The lowest BCUT2D eigenvalue weighted by molar-refractivity contribution is 0.582. The van der Waals surface area contributed by atoms with Crippen molar-refractivity contribution >= 4 is 22.5 Å². The van der Waals surface area contributed by atoms with Crippen LogP contribution in [0.2, 0.25) is 5.02 Å². The van der Waals surface area contributed by atoms with Crippen molar-refractivity contribution in [3.8, 4) is 0 Å². The summed E-state index contributed by atoms with van der Waals surface area (Å²) in [6.45, 7) is 4.57. The molecule has 18 heavy (non-hydrogen) atoms. The highest BCUT2D eigenvalue weighted by Gasteiger charge is 2.12. The molecule has 1 unspecified atom stereocenters. The van der Waals surface area contributed by atoms with E-state index in [-0.39, 0.29) is 0 Å². The zero-order chi connectivity index (χ0) is 13.0. The summed E-state index contributed by atoms with van der Waals surface area (Å²) in [5, 5.41) is 2.10. The summed E-state index contributed by atoms with van der Waals surface area (Å²) in [7, 11) is 0. The van der Waals surface area contributed by atoms with Crippen LogP contribution >= 0.6 is 11.6 Å². The molecule has 1 aromatic carbocycles. The van der Waals surface area contributed by atoms with Crippen LogP contribution < -0.4 is 0 Å². The van der Waals surface area contributed by atoms with Crippen LogP contribution in [0.15, 0.2) is 24.4 Å². The van der Waals surface area contributed by atoms with Crippen LogP contribution in [0.4, 0.5) is 0 Å². The van der Waals surface area contributed by atoms with Crippen LogP contribution in [0.5, 0.6) is 0 Å². The van der Waals surface area contributed by atoms with Crippen molar-refractivity contribution in [2.24, 2.45) is 0 Å². The third-order valence-electron chi connectivity index (χ3n) is 3.72. The number of aromatic amines is 1. The molecule has 1 aromatic heterocycles. The number of unbranched alkanes of at least 4 members (excludes halogenated alkanes) is 3. The summed E-state index contributed by atoms with van der Waals surface area (Å²) in [6.07, 6.45) is 8.72. The highest BCUT2D eigenvalue weighted by molar-refractivity contribution is 6.35. The number of hydrogen-bond donors (Lipinski definition) is 1. The van der Waals surface area contributed by atoms with E-state index in [4.69, 9.17) is 11.6 Å². The van der Waals surface area contributed by atoms with Gasteiger partial charge in [-0.3, -0.25) is 0 Å². The molecule has 1 nitrogen and oxygen atoms in total. The Bertz CT molecular complexity index is 501. The van der Waals surface area contributed by atoms with E-state index in [9.17, 15) is 0 Å². The predicted octanol–water partition coefficient (Wildman–Crippen LogP) is 5.90. The molecule has 2 rings (SSSR count). The average molecular weight is 264 g/mol. The highest BCUT2D eigenvalue weighted by atomic mass is 35.5. The maximum Gasteiger partial charge on any atom is 0.0647 e. The van der Waals surface area contributed by atoms with Gasteiger partial charge in [-0.05, 0) is 24.0 Å². The first-order valence-electron chi connectivity index (χ1n) is 6.99. The topological polar surface area (TPSA) is 15.8 Å².